The lowest BCUT2D eigenvalue weighted by molar-refractivity contribution is -0.124. The maximum Gasteiger partial charge on any atom is 0.258 e. The fourth-order valence-corrected chi connectivity index (χ4v) is 2.91. The van der Waals surface area contributed by atoms with Crippen LogP contribution in [0.2, 0.25) is 0 Å². The van der Waals surface area contributed by atoms with Crippen molar-refractivity contribution >= 4 is 5.91 Å². The first-order valence-electron chi connectivity index (χ1n) is 7.48. The summed E-state index contributed by atoms with van der Waals surface area (Å²) in [5.74, 6) is -1.93. The Morgan fingerprint density at radius 1 is 1.39 bits per heavy atom. The highest BCUT2D eigenvalue weighted by Gasteiger charge is 2.29. The fourth-order valence-electron chi connectivity index (χ4n) is 2.91. The van der Waals surface area contributed by atoms with E-state index in [0.717, 1.165) is 37.5 Å². The molecule has 5 nitrogen and oxygen atoms in total. The van der Waals surface area contributed by atoms with E-state index in [1.165, 1.54) is 0 Å². The molecule has 0 bridgehead atoms. The van der Waals surface area contributed by atoms with Gasteiger partial charge in [-0.2, -0.15) is 0 Å². The van der Waals surface area contributed by atoms with Crippen LogP contribution < -0.4 is 10.1 Å². The van der Waals surface area contributed by atoms with Crippen LogP contribution in [0.1, 0.15) is 25.3 Å². The summed E-state index contributed by atoms with van der Waals surface area (Å²) < 4.78 is 33.5. The van der Waals surface area contributed by atoms with E-state index in [1.807, 2.05) is 10.8 Å². The number of hydrogen-bond acceptors (Lipinski definition) is 3. The van der Waals surface area contributed by atoms with Gasteiger partial charge in [-0.25, -0.2) is 13.8 Å². The second kappa shape index (κ2) is 6.76. The number of ether oxygens (including phenoxy) is 1. The molecule has 1 fully saturated rings. The summed E-state index contributed by atoms with van der Waals surface area (Å²) >= 11 is 0. The summed E-state index contributed by atoms with van der Waals surface area (Å²) in [6.07, 6.45) is 8.13. The maximum atomic E-state index is 13.4. The van der Waals surface area contributed by atoms with Crippen LogP contribution in [0.15, 0.2) is 36.9 Å². The van der Waals surface area contributed by atoms with Crippen molar-refractivity contribution in [1.29, 1.82) is 0 Å². The molecule has 1 aliphatic rings. The molecule has 0 aliphatic heterocycles. The molecule has 0 radical (unpaired) electrons. The van der Waals surface area contributed by atoms with Crippen molar-refractivity contribution in [2.75, 3.05) is 6.61 Å². The van der Waals surface area contributed by atoms with Crippen LogP contribution in [0, 0.1) is 11.6 Å². The van der Waals surface area contributed by atoms with Crippen LogP contribution in [-0.2, 0) is 4.79 Å². The number of hydrogen-bond donors (Lipinski definition) is 1. The number of nitrogens with zero attached hydrogens (tertiary/aromatic N) is 2. The summed E-state index contributed by atoms with van der Waals surface area (Å²) in [7, 11) is 0. The molecule has 1 aromatic carbocycles. The first-order valence-corrected chi connectivity index (χ1v) is 7.48. The molecule has 0 unspecified atom stereocenters. The summed E-state index contributed by atoms with van der Waals surface area (Å²) in [6, 6.07) is 3.03. The molecule has 1 heterocycles. The smallest absolute Gasteiger partial charge is 0.258 e. The van der Waals surface area contributed by atoms with E-state index < -0.39 is 11.6 Å². The average molecular weight is 321 g/mol. The maximum absolute atomic E-state index is 13.4. The number of aromatic nitrogens is 2. The van der Waals surface area contributed by atoms with Gasteiger partial charge >= 0.3 is 0 Å². The quantitative estimate of drug-likeness (QED) is 0.920. The standard InChI is InChI=1S/C16H17F2N3O2/c17-11-4-5-12(18)15(8-11)23-9-16(22)20-13-2-1-3-14(13)21-7-6-19-10-21/h4-8,10,13-14H,1-3,9H2,(H,20,22)/t13-,14-/m1/s1. The molecule has 1 saturated carbocycles. The Labute approximate surface area is 132 Å². The topological polar surface area (TPSA) is 56.1 Å². The van der Waals surface area contributed by atoms with Gasteiger partial charge in [0.25, 0.3) is 5.91 Å². The van der Waals surface area contributed by atoms with Crippen LogP contribution in [0.4, 0.5) is 8.78 Å². The molecular formula is C16H17F2N3O2. The van der Waals surface area contributed by atoms with Crippen LogP contribution in [0.5, 0.6) is 5.75 Å². The van der Waals surface area contributed by atoms with Gasteiger partial charge in [0, 0.05) is 24.5 Å². The molecule has 1 N–H and O–H groups in total. The summed E-state index contributed by atoms with van der Waals surface area (Å²) in [5.41, 5.74) is 0. The van der Waals surface area contributed by atoms with Crippen LogP contribution >= 0.6 is 0 Å². The van der Waals surface area contributed by atoms with Crippen molar-refractivity contribution in [2.45, 2.75) is 31.3 Å². The third-order valence-corrected chi connectivity index (χ3v) is 3.99. The van der Waals surface area contributed by atoms with E-state index >= 15 is 0 Å². The predicted molar refractivity (Wildman–Crippen MR) is 78.9 cm³/mol. The van der Waals surface area contributed by atoms with Crippen molar-refractivity contribution in [3.05, 3.63) is 48.6 Å². The number of benzene rings is 1. The van der Waals surface area contributed by atoms with E-state index in [1.54, 1.807) is 12.5 Å². The molecule has 1 aliphatic carbocycles. The first-order chi connectivity index (χ1) is 11.1. The Balaban J connectivity index is 1.56. The van der Waals surface area contributed by atoms with Crippen molar-refractivity contribution in [3.63, 3.8) is 0 Å². The number of halogens is 2. The first kappa shape index (κ1) is 15.5. The van der Waals surface area contributed by atoms with Gasteiger partial charge in [-0.3, -0.25) is 4.79 Å². The molecule has 2 atom stereocenters. The van der Waals surface area contributed by atoms with Crippen molar-refractivity contribution in [3.8, 4) is 5.75 Å². The molecule has 0 spiro atoms. The van der Waals surface area contributed by atoms with Gasteiger partial charge in [0.15, 0.2) is 18.2 Å². The minimum absolute atomic E-state index is 0.0161. The number of imidazole rings is 1. The monoisotopic (exact) mass is 321 g/mol. The summed E-state index contributed by atoms with van der Waals surface area (Å²) in [4.78, 5) is 16.0. The lowest BCUT2D eigenvalue weighted by Crippen LogP contribution is -2.40. The Hall–Kier alpha value is -2.44. The fraction of sp³-hybridized carbons (Fsp3) is 0.375. The molecule has 1 amide bonds. The summed E-state index contributed by atoms with van der Waals surface area (Å²) in [6.45, 7) is -0.354. The molecule has 0 saturated heterocycles. The van der Waals surface area contributed by atoms with Crippen molar-refractivity contribution < 1.29 is 18.3 Å². The van der Waals surface area contributed by atoms with E-state index in [0.29, 0.717) is 0 Å². The average Bonchev–Trinajstić information content (AvgIpc) is 3.19. The summed E-state index contributed by atoms with van der Waals surface area (Å²) in [5, 5.41) is 2.89. The second-order valence-electron chi connectivity index (χ2n) is 5.55. The van der Waals surface area contributed by atoms with E-state index in [-0.39, 0.29) is 30.3 Å². The largest absolute Gasteiger partial charge is 0.481 e. The number of carbonyl (C=O) groups excluding carboxylic acids is 1. The van der Waals surface area contributed by atoms with Gasteiger partial charge in [-0.1, -0.05) is 0 Å². The van der Waals surface area contributed by atoms with Gasteiger partial charge in [-0.15, -0.1) is 0 Å². The highest BCUT2D eigenvalue weighted by atomic mass is 19.1. The Kier molecular flexibility index (Phi) is 4.55. The molecule has 23 heavy (non-hydrogen) atoms. The highest BCUT2D eigenvalue weighted by molar-refractivity contribution is 5.78. The SMILES string of the molecule is O=C(COc1cc(F)ccc1F)N[C@@H]1CCC[C@H]1n1ccnc1. The van der Waals surface area contributed by atoms with Crippen LogP contribution in [0.25, 0.3) is 0 Å². The van der Waals surface area contributed by atoms with Gasteiger partial charge < -0.3 is 14.6 Å². The number of nitrogens with one attached hydrogen (secondary N) is 1. The molecular weight excluding hydrogens is 304 g/mol. The van der Waals surface area contributed by atoms with Gasteiger partial charge in [0.1, 0.15) is 5.82 Å². The minimum Gasteiger partial charge on any atom is -0.481 e. The normalized spacial score (nSPS) is 20.4. The number of rotatable bonds is 5. The van der Waals surface area contributed by atoms with E-state index in [9.17, 15) is 13.6 Å². The van der Waals surface area contributed by atoms with E-state index in [2.05, 4.69) is 10.3 Å². The zero-order valence-corrected chi connectivity index (χ0v) is 12.4. The third-order valence-electron chi connectivity index (χ3n) is 3.99. The van der Waals surface area contributed by atoms with Gasteiger partial charge in [0.05, 0.1) is 12.4 Å². The zero-order chi connectivity index (χ0) is 16.2. The third kappa shape index (κ3) is 3.67. The minimum atomic E-state index is -0.698. The second-order valence-corrected chi connectivity index (χ2v) is 5.55. The lowest BCUT2D eigenvalue weighted by atomic mass is 10.1. The molecule has 3 rings (SSSR count). The molecule has 2 aromatic rings. The zero-order valence-electron chi connectivity index (χ0n) is 12.4. The predicted octanol–water partition coefficient (Wildman–Crippen LogP) is 2.45. The van der Waals surface area contributed by atoms with Gasteiger partial charge in [-0.05, 0) is 31.4 Å². The lowest BCUT2D eigenvalue weighted by Gasteiger charge is -2.22. The van der Waals surface area contributed by atoms with Crippen LogP contribution in [0.3, 0.4) is 0 Å². The molecule has 7 heteroatoms. The number of carbonyl (C=O) groups is 1. The number of amides is 1. The Bertz CT molecular complexity index is 676. The Morgan fingerprint density at radius 2 is 2.26 bits per heavy atom. The molecule has 122 valence electrons. The highest BCUT2D eigenvalue weighted by Crippen LogP contribution is 2.29. The molecule has 1 aromatic heterocycles. The van der Waals surface area contributed by atoms with Crippen molar-refractivity contribution in [2.24, 2.45) is 0 Å². The van der Waals surface area contributed by atoms with Crippen molar-refractivity contribution in [1.82, 2.24) is 14.9 Å². The van der Waals surface area contributed by atoms with Crippen LogP contribution in [-0.4, -0.2) is 28.1 Å². The Morgan fingerprint density at radius 3 is 3.04 bits per heavy atom. The van der Waals surface area contributed by atoms with Gasteiger partial charge in [0.2, 0.25) is 0 Å². The van der Waals surface area contributed by atoms with E-state index in [4.69, 9.17) is 4.74 Å².